The molecule has 0 fully saturated rings. The zero-order valence-corrected chi connectivity index (χ0v) is 9.53. The van der Waals surface area contributed by atoms with Gasteiger partial charge in [-0.15, -0.1) is 0 Å². The zero-order valence-electron chi connectivity index (χ0n) is 7.94. The normalized spacial score (nSPS) is 15.1. The molecule has 0 radical (unpaired) electrons. The molecule has 0 bridgehead atoms. The van der Waals surface area contributed by atoms with Crippen molar-refractivity contribution in [2.24, 2.45) is 0 Å². The molecule has 4 nitrogen and oxygen atoms in total. The van der Waals surface area contributed by atoms with Crippen molar-refractivity contribution in [3.05, 3.63) is 22.7 Å². The third-order valence-electron chi connectivity index (χ3n) is 2.23. The molecule has 0 aliphatic carbocycles. The highest BCUT2D eigenvalue weighted by Gasteiger charge is 2.21. The molecule has 2 rings (SSSR count). The van der Waals surface area contributed by atoms with E-state index in [0.29, 0.717) is 31.0 Å². The summed E-state index contributed by atoms with van der Waals surface area (Å²) in [5.74, 6) is 0.623. The van der Waals surface area contributed by atoms with Gasteiger partial charge in [-0.25, -0.2) is 4.79 Å². The Kier molecular flexibility index (Phi) is 2.81. The molecule has 0 saturated heterocycles. The van der Waals surface area contributed by atoms with E-state index in [-0.39, 0.29) is 0 Å². The largest absolute Gasteiger partial charge is 0.491 e. The first-order valence-corrected chi connectivity index (χ1v) is 5.40. The maximum absolute atomic E-state index is 11.0. The molecule has 1 aromatic carbocycles. The number of hydrogen-bond donors (Lipinski definition) is 1. The van der Waals surface area contributed by atoms with Crippen molar-refractivity contribution in [2.45, 2.75) is 6.42 Å². The van der Waals surface area contributed by atoms with Crippen LogP contribution in [0.1, 0.15) is 6.42 Å². The van der Waals surface area contributed by atoms with E-state index in [4.69, 9.17) is 9.84 Å². The summed E-state index contributed by atoms with van der Waals surface area (Å²) in [4.78, 5) is 12.3. The Bertz CT molecular complexity index is 394. The Morgan fingerprint density at radius 1 is 1.53 bits per heavy atom. The van der Waals surface area contributed by atoms with Crippen molar-refractivity contribution in [2.75, 3.05) is 18.1 Å². The van der Waals surface area contributed by atoms with Crippen LogP contribution in [0.15, 0.2) is 22.7 Å². The molecule has 0 saturated carbocycles. The lowest BCUT2D eigenvalue weighted by molar-refractivity contribution is 0.202. The third-order valence-corrected chi connectivity index (χ3v) is 2.72. The Morgan fingerprint density at radius 3 is 3.07 bits per heavy atom. The van der Waals surface area contributed by atoms with Crippen molar-refractivity contribution in [3.8, 4) is 5.75 Å². The molecule has 1 heterocycles. The van der Waals surface area contributed by atoms with Crippen molar-refractivity contribution in [1.82, 2.24) is 0 Å². The molecule has 0 spiro atoms. The standard InChI is InChI=1S/C10H10BrNO3/c11-7-2-3-9-8(6-7)12(10(13)14)4-1-5-15-9/h2-3,6H,1,4-5H2,(H,13,14). The fourth-order valence-electron chi connectivity index (χ4n) is 1.55. The SMILES string of the molecule is O=C(O)N1CCCOc2ccc(Br)cc21. The van der Waals surface area contributed by atoms with E-state index >= 15 is 0 Å². The number of fused-ring (bicyclic) bond motifs is 1. The molecule has 0 atom stereocenters. The van der Waals surface area contributed by atoms with Gasteiger partial charge in [0.15, 0.2) is 0 Å². The van der Waals surface area contributed by atoms with E-state index in [1.54, 1.807) is 12.1 Å². The highest BCUT2D eigenvalue weighted by atomic mass is 79.9. The highest BCUT2D eigenvalue weighted by Crippen LogP contribution is 2.33. The van der Waals surface area contributed by atoms with Gasteiger partial charge in [0, 0.05) is 11.0 Å². The van der Waals surface area contributed by atoms with Gasteiger partial charge in [-0.2, -0.15) is 0 Å². The van der Waals surface area contributed by atoms with Gasteiger partial charge >= 0.3 is 6.09 Å². The fraction of sp³-hybridized carbons (Fsp3) is 0.300. The summed E-state index contributed by atoms with van der Waals surface area (Å²) in [5.41, 5.74) is 0.606. The Labute approximate surface area is 95.6 Å². The number of ether oxygens (including phenoxy) is 1. The first kappa shape index (κ1) is 10.3. The highest BCUT2D eigenvalue weighted by molar-refractivity contribution is 9.10. The van der Waals surface area contributed by atoms with Crippen LogP contribution in [0.5, 0.6) is 5.75 Å². The molecule has 1 N–H and O–H groups in total. The maximum Gasteiger partial charge on any atom is 0.411 e. The molecule has 1 aliphatic heterocycles. The maximum atomic E-state index is 11.0. The van der Waals surface area contributed by atoms with E-state index < -0.39 is 6.09 Å². The number of halogens is 1. The smallest absolute Gasteiger partial charge is 0.411 e. The van der Waals surface area contributed by atoms with Crippen LogP contribution in [-0.2, 0) is 0 Å². The second kappa shape index (κ2) is 4.10. The average Bonchev–Trinajstić information content (AvgIpc) is 2.39. The Balaban J connectivity index is 2.46. The van der Waals surface area contributed by atoms with Crippen molar-refractivity contribution in [1.29, 1.82) is 0 Å². The Hall–Kier alpha value is -1.23. The zero-order chi connectivity index (χ0) is 10.8. The molecule has 1 aromatic rings. The predicted octanol–water partition coefficient (Wildman–Crippen LogP) is 2.72. The summed E-state index contributed by atoms with van der Waals surface area (Å²) in [7, 11) is 0. The molecule has 80 valence electrons. The number of hydrogen-bond acceptors (Lipinski definition) is 2. The van der Waals surface area contributed by atoms with Gasteiger partial charge < -0.3 is 9.84 Å². The summed E-state index contributed by atoms with van der Waals surface area (Å²) in [6.07, 6.45) is -0.238. The number of anilines is 1. The first-order valence-electron chi connectivity index (χ1n) is 4.61. The van der Waals surface area contributed by atoms with Crippen LogP contribution in [0, 0.1) is 0 Å². The average molecular weight is 272 g/mol. The first-order chi connectivity index (χ1) is 7.18. The number of rotatable bonds is 0. The molecule has 1 amide bonds. The van der Waals surface area contributed by atoms with Gasteiger partial charge in [-0.3, -0.25) is 4.90 Å². The molecular formula is C10H10BrNO3. The second-order valence-corrected chi connectivity index (χ2v) is 4.16. The molecule has 15 heavy (non-hydrogen) atoms. The van der Waals surface area contributed by atoms with E-state index in [2.05, 4.69) is 15.9 Å². The van der Waals surface area contributed by atoms with Gasteiger partial charge in [0.1, 0.15) is 5.75 Å². The third kappa shape index (κ3) is 2.07. The van der Waals surface area contributed by atoms with Crippen molar-refractivity contribution >= 4 is 27.7 Å². The van der Waals surface area contributed by atoms with Crippen LogP contribution in [0.25, 0.3) is 0 Å². The summed E-state index contributed by atoms with van der Waals surface area (Å²) >= 11 is 3.32. The minimum Gasteiger partial charge on any atom is -0.491 e. The molecular weight excluding hydrogens is 262 g/mol. The number of carboxylic acid groups (broad SMARTS) is 1. The van der Waals surface area contributed by atoms with Gasteiger partial charge in [-0.05, 0) is 24.6 Å². The topological polar surface area (TPSA) is 49.8 Å². The number of carbonyl (C=O) groups is 1. The van der Waals surface area contributed by atoms with E-state index in [9.17, 15) is 4.79 Å². The Morgan fingerprint density at radius 2 is 2.33 bits per heavy atom. The molecule has 0 aromatic heterocycles. The van der Waals surface area contributed by atoms with Crippen LogP contribution in [0.4, 0.5) is 10.5 Å². The second-order valence-electron chi connectivity index (χ2n) is 3.25. The monoisotopic (exact) mass is 271 g/mol. The van der Waals surface area contributed by atoms with Gasteiger partial charge in [0.2, 0.25) is 0 Å². The van der Waals surface area contributed by atoms with Crippen LogP contribution in [-0.4, -0.2) is 24.4 Å². The van der Waals surface area contributed by atoms with Crippen molar-refractivity contribution in [3.63, 3.8) is 0 Å². The van der Waals surface area contributed by atoms with E-state index in [0.717, 1.165) is 4.47 Å². The van der Waals surface area contributed by atoms with Crippen LogP contribution < -0.4 is 9.64 Å². The molecule has 0 unspecified atom stereocenters. The van der Waals surface area contributed by atoms with Crippen LogP contribution in [0.3, 0.4) is 0 Å². The number of benzene rings is 1. The number of nitrogens with zero attached hydrogens (tertiary/aromatic N) is 1. The summed E-state index contributed by atoms with van der Waals surface area (Å²) in [6, 6.07) is 5.37. The van der Waals surface area contributed by atoms with Gasteiger partial charge in [0.25, 0.3) is 0 Å². The lowest BCUT2D eigenvalue weighted by Crippen LogP contribution is -2.29. The van der Waals surface area contributed by atoms with Gasteiger partial charge in [0.05, 0.1) is 12.3 Å². The quantitative estimate of drug-likeness (QED) is 0.790. The summed E-state index contributed by atoms with van der Waals surface area (Å²) < 4.78 is 6.30. The lowest BCUT2D eigenvalue weighted by Gasteiger charge is -2.17. The fourth-order valence-corrected chi connectivity index (χ4v) is 1.90. The van der Waals surface area contributed by atoms with Crippen LogP contribution >= 0.6 is 15.9 Å². The minimum atomic E-state index is -0.945. The van der Waals surface area contributed by atoms with Crippen LogP contribution in [0.2, 0.25) is 0 Å². The van der Waals surface area contributed by atoms with Crippen molar-refractivity contribution < 1.29 is 14.6 Å². The summed E-state index contributed by atoms with van der Waals surface area (Å²) in [5, 5.41) is 9.06. The molecule has 1 aliphatic rings. The molecule has 5 heteroatoms. The number of amides is 1. The van der Waals surface area contributed by atoms with E-state index in [1.807, 2.05) is 6.07 Å². The lowest BCUT2D eigenvalue weighted by atomic mass is 10.2. The predicted molar refractivity (Wildman–Crippen MR) is 59.6 cm³/mol. The summed E-state index contributed by atoms with van der Waals surface area (Å²) in [6.45, 7) is 1.02. The van der Waals surface area contributed by atoms with Gasteiger partial charge in [-0.1, -0.05) is 15.9 Å². The van der Waals surface area contributed by atoms with E-state index in [1.165, 1.54) is 4.90 Å². The minimum absolute atomic E-state index is 0.471.